The van der Waals surface area contributed by atoms with Crippen molar-refractivity contribution in [1.29, 1.82) is 0 Å². The van der Waals surface area contributed by atoms with E-state index in [0.717, 1.165) is 62.6 Å². The van der Waals surface area contributed by atoms with Crippen LogP contribution in [-0.4, -0.2) is 76.3 Å². The number of aromatic nitrogens is 1. The minimum absolute atomic E-state index is 0.0526. The monoisotopic (exact) mass is 412 g/mol. The van der Waals surface area contributed by atoms with Crippen LogP contribution in [0.3, 0.4) is 0 Å². The molecule has 2 aliphatic heterocycles. The normalized spacial score (nSPS) is 20.4. The zero-order valence-electron chi connectivity index (χ0n) is 17.9. The third kappa shape index (κ3) is 4.18. The van der Waals surface area contributed by atoms with Gasteiger partial charge in [0, 0.05) is 58.2 Å². The highest BCUT2D eigenvalue weighted by Gasteiger charge is 2.31. The number of carbonyl (C=O) groups excluding carboxylic acids is 1. The smallest absolute Gasteiger partial charge is 0.256 e. The maximum atomic E-state index is 13.1. The second kappa shape index (κ2) is 8.70. The number of hydrogen-bond donors (Lipinski definition) is 2. The summed E-state index contributed by atoms with van der Waals surface area (Å²) in [7, 11) is 1.90. The Bertz CT molecular complexity index is 885. The number of benzene rings is 1. The zero-order valence-corrected chi connectivity index (χ0v) is 17.9. The van der Waals surface area contributed by atoms with Crippen molar-refractivity contribution < 1.29 is 15.0 Å². The quantitative estimate of drug-likeness (QED) is 0.787. The number of hydrogen-bond acceptors (Lipinski definition) is 5. The second-order valence-electron chi connectivity index (χ2n) is 8.48. The van der Waals surface area contributed by atoms with E-state index in [9.17, 15) is 15.0 Å². The number of nitrogens with zero attached hydrogens (tertiary/aromatic N) is 4. The first-order valence-corrected chi connectivity index (χ1v) is 10.8. The van der Waals surface area contributed by atoms with Gasteiger partial charge in [-0.2, -0.15) is 0 Å². The summed E-state index contributed by atoms with van der Waals surface area (Å²) in [5, 5.41) is 20.0. The van der Waals surface area contributed by atoms with Gasteiger partial charge in [0.1, 0.15) is 5.75 Å². The molecule has 1 unspecified atom stereocenters. The van der Waals surface area contributed by atoms with Gasteiger partial charge < -0.3 is 24.6 Å². The molecule has 1 amide bonds. The van der Waals surface area contributed by atoms with E-state index in [1.165, 1.54) is 0 Å². The Morgan fingerprint density at radius 2 is 1.73 bits per heavy atom. The first kappa shape index (κ1) is 20.8. The van der Waals surface area contributed by atoms with Crippen molar-refractivity contribution in [3.63, 3.8) is 0 Å². The summed E-state index contributed by atoms with van der Waals surface area (Å²) >= 11 is 0. The summed E-state index contributed by atoms with van der Waals surface area (Å²) in [5.74, 6) is 0.350. The Morgan fingerprint density at radius 3 is 2.43 bits per heavy atom. The number of anilines is 1. The van der Waals surface area contributed by atoms with Crippen LogP contribution in [0.4, 0.5) is 5.69 Å². The van der Waals surface area contributed by atoms with Gasteiger partial charge in [0.2, 0.25) is 0 Å². The van der Waals surface area contributed by atoms with Gasteiger partial charge in [0.25, 0.3) is 5.91 Å². The van der Waals surface area contributed by atoms with Gasteiger partial charge in [-0.3, -0.25) is 9.69 Å². The van der Waals surface area contributed by atoms with Crippen molar-refractivity contribution >= 4 is 11.6 Å². The molecule has 2 N–H and O–H groups in total. The molecule has 0 saturated carbocycles. The van der Waals surface area contributed by atoms with Crippen LogP contribution in [0, 0.1) is 6.92 Å². The van der Waals surface area contributed by atoms with Crippen LogP contribution < -0.4 is 4.90 Å². The van der Waals surface area contributed by atoms with E-state index < -0.39 is 6.10 Å². The summed E-state index contributed by atoms with van der Waals surface area (Å²) in [6.45, 7) is 8.15. The van der Waals surface area contributed by atoms with Crippen molar-refractivity contribution in [2.45, 2.75) is 25.9 Å². The Hall–Kier alpha value is -2.51. The molecule has 1 atom stereocenters. The van der Waals surface area contributed by atoms with Crippen LogP contribution in [0.2, 0.25) is 0 Å². The number of amides is 1. The van der Waals surface area contributed by atoms with Gasteiger partial charge in [-0.15, -0.1) is 0 Å². The molecule has 3 heterocycles. The molecule has 4 rings (SSSR count). The summed E-state index contributed by atoms with van der Waals surface area (Å²) in [5.41, 5.74) is 3.53. The Kier molecular flexibility index (Phi) is 6.01. The number of phenols is 1. The van der Waals surface area contributed by atoms with Gasteiger partial charge in [-0.05, 0) is 56.1 Å². The molecule has 162 valence electrons. The lowest BCUT2D eigenvalue weighted by Gasteiger charge is -2.36. The van der Waals surface area contributed by atoms with Crippen LogP contribution in [-0.2, 0) is 7.05 Å². The first-order valence-electron chi connectivity index (χ1n) is 10.8. The Morgan fingerprint density at radius 1 is 1.03 bits per heavy atom. The minimum atomic E-state index is -0.583. The predicted octanol–water partition coefficient (Wildman–Crippen LogP) is 2.13. The number of aryl methyl sites for hydroxylation is 2. The van der Waals surface area contributed by atoms with Crippen molar-refractivity contribution in [2.24, 2.45) is 7.05 Å². The van der Waals surface area contributed by atoms with Crippen molar-refractivity contribution in [1.82, 2.24) is 14.4 Å². The van der Waals surface area contributed by atoms with Gasteiger partial charge >= 0.3 is 0 Å². The molecule has 0 aliphatic carbocycles. The van der Waals surface area contributed by atoms with E-state index in [2.05, 4.69) is 9.80 Å². The fraction of sp³-hybridized carbons (Fsp3) is 0.522. The van der Waals surface area contributed by atoms with Gasteiger partial charge in [-0.25, -0.2) is 0 Å². The second-order valence-corrected chi connectivity index (χ2v) is 8.48. The summed E-state index contributed by atoms with van der Waals surface area (Å²) in [6, 6.07) is 7.39. The number of carbonyl (C=O) groups is 1. The maximum Gasteiger partial charge on any atom is 0.256 e. The number of aliphatic hydroxyl groups is 1. The molecular weight excluding hydrogens is 380 g/mol. The average Bonchev–Trinajstić information content (AvgIpc) is 2.97. The maximum absolute atomic E-state index is 13.1. The molecule has 0 bridgehead atoms. The van der Waals surface area contributed by atoms with Crippen molar-refractivity contribution in [3.8, 4) is 5.75 Å². The van der Waals surface area contributed by atoms with Crippen LogP contribution in [0.15, 0.2) is 30.5 Å². The van der Waals surface area contributed by atoms with E-state index in [1.54, 1.807) is 12.1 Å². The van der Waals surface area contributed by atoms with E-state index >= 15 is 0 Å². The number of aliphatic hydroxyl groups excluding tert-OH is 1. The SMILES string of the molecule is Cc1cn(C)c2c1C(=O)N(CCCN1CCN(c3ccc(O)cc3)CC1)CCC2O. The summed E-state index contributed by atoms with van der Waals surface area (Å²) in [6.07, 6.45) is 2.87. The highest BCUT2D eigenvalue weighted by Crippen LogP contribution is 2.30. The molecule has 7 heteroatoms. The predicted molar refractivity (Wildman–Crippen MR) is 117 cm³/mol. The molecule has 1 saturated heterocycles. The van der Waals surface area contributed by atoms with Gasteiger partial charge in [-0.1, -0.05) is 0 Å². The van der Waals surface area contributed by atoms with Crippen molar-refractivity contribution in [3.05, 3.63) is 47.3 Å². The lowest BCUT2D eigenvalue weighted by atomic mass is 10.1. The fourth-order valence-corrected chi connectivity index (χ4v) is 4.75. The van der Waals surface area contributed by atoms with E-state index in [1.807, 2.05) is 41.8 Å². The van der Waals surface area contributed by atoms with Crippen LogP contribution in [0.25, 0.3) is 0 Å². The number of piperazine rings is 1. The number of fused-ring (bicyclic) bond motifs is 1. The zero-order chi connectivity index (χ0) is 21.3. The van der Waals surface area contributed by atoms with Crippen LogP contribution >= 0.6 is 0 Å². The topological polar surface area (TPSA) is 72.2 Å². The number of aromatic hydroxyl groups is 1. The fourth-order valence-electron chi connectivity index (χ4n) is 4.75. The molecule has 1 fully saturated rings. The summed E-state index contributed by atoms with van der Waals surface area (Å²) < 4.78 is 1.89. The molecule has 1 aromatic carbocycles. The highest BCUT2D eigenvalue weighted by atomic mass is 16.3. The molecule has 2 aromatic rings. The lowest BCUT2D eigenvalue weighted by Crippen LogP contribution is -2.47. The highest BCUT2D eigenvalue weighted by molar-refractivity contribution is 5.97. The van der Waals surface area contributed by atoms with E-state index in [-0.39, 0.29) is 5.91 Å². The lowest BCUT2D eigenvalue weighted by molar-refractivity contribution is 0.0737. The van der Waals surface area contributed by atoms with Gasteiger partial charge in [0.05, 0.1) is 17.4 Å². The number of rotatable bonds is 5. The van der Waals surface area contributed by atoms with Crippen LogP contribution in [0.1, 0.15) is 40.6 Å². The summed E-state index contributed by atoms with van der Waals surface area (Å²) in [4.78, 5) is 19.8. The van der Waals surface area contributed by atoms with Crippen LogP contribution in [0.5, 0.6) is 5.75 Å². The molecule has 30 heavy (non-hydrogen) atoms. The molecule has 1 aromatic heterocycles. The van der Waals surface area contributed by atoms with E-state index in [0.29, 0.717) is 24.3 Å². The van der Waals surface area contributed by atoms with Crippen molar-refractivity contribution in [2.75, 3.05) is 50.7 Å². The molecule has 7 nitrogen and oxygen atoms in total. The Labute approximate surface area is 178 Å². The third-order valence-electron chi connectivity index (χ3n) is 6.40. The largest absolute Gasteiger partial charge is 0.508 e. The van der Waals surface area contributed by atoms with E-state index in [4.69, 9.17) is 0 Å². The minimum Gasteiger partial charge on any atom is -0.508 e. The number of phenolic OH excluding ortho intramolecular Hbond substituents is 1. The molecular formula is C23H32N4O3. The Balaban J connectivity index is 1.28. The first-order chi connectivity index (χ1) is 14.4. The molecule has 2 aliphatic rings. The molecule has 0 spiro atoms. The average molecular weight is 413 g/mol. The van der Waals surface area contributed by atoms with Gasteiger partial charge in [0.15, 0.2) is 0 Å². The molecule has 0 radical (unpaired) electrons. The standard InChI is InChI=1S/C23H32N4O3/c1-17-16-24(2)22-20(29)8-11-27(23(30)21(17)22)10-3-9-25-12-14-26(15-13-25)18-4-6-19(28)7-5-18/h4-7,16,20,28-29H,3,8-15H2,1-2H3. The third-order valence-corrected chi connectivity index (χ3v) is 6.40.